The van der Waals surface area contributed by atoms with Crippen LogP contribution in [0.4, 0.5) is 0 Å². The van der Waals surface area contributed by atoms with Crippen LogP contribution in [0.3, 0.4) is 0 Å². The van der Waals surface area contributed by atoms with Crippen molar-refractivity contribution in [3.63, 3.8) is 0 Å². The second-order valence-electron chi connectivity index (χ2n) is 12.8. The lowest BCUT2D eigenvalue weighted by Gasteiger charge is -2.61. The Hall–Kier alpha value is -0.300. The van der Waals surface area contributed by atoms with Crippen molar-refractivity contribution in [2.45, 2.75) is 111 Å². The predicted molar refractivity (Wildman–Crippen MR) is 124 cm³/mol. The third-order valence-corrected chi connectivity index (χ3v) is 10.9. The SMILES string of the molecule is C=C1C[C@@]2(C)[C@@H](CC[C@@H]3[C@@H]2CC[C@]2(C)[C@@H]([C@H](C)CCCC(C)C)CC[C@@H]32)C[C@H]1O. The minimum atomic E-state index is -0.235. The zero-order chi connectivity index (χ0) is 21.0. The zero-order valence-corrected chi connectivity index (χ0v) is 20.1. The van der Waals surface area contributed by atoms with Gasteiger partial charge in [-0.3, -0.25) is 0 Å². The molecule has 4 rings (SSSR count). The van der Waals surface area contributed by atoms with Crippen molar-refractivity contribution in [1.82, 2.24) is 0 Å². The van der Waals surface area contributed by atoms with E-state index in [1.165, 1.54) is 57.8 Å². The molecule has 1 N–H and O–H groups in total. The molecule has 0 saturated heterocycles. The highest BCUT2D eigenvalue weighted by molar-refractivity contribution is 5.17. The Morgan fingerprint density at radius 3 is 2.41 bits per heavy atom. The number of fused-ring (bicyclic) bond motifs is 5. The first-order valence-electron chi connectivity index (χ1n) is 13.0. The average Bonchev–Trinajstić information content (AvgIpc) is 3.00. The van der Waals surface area contributed by atoms with Gasteiger partial charge in [0.1, 0.15) is 0 Å². The van der Waals surface area contributed by atoms with Gasteiger partial charge in [0.15, 0.2) is 0 Å². The summed E-state index contributed by atoms with van der Waals surface area (Å²) in [4.78, 5) is 0. The average molecular weight is 401 g/mol. The number of aliphatic hydroxyl groups excluding tert-OH is 1. The summed E-state index contributed by atoms with van der Waals surface area (Å²) in [6.45, 7) is 16.9. The first-order valence-corrected chi connectivity index (χ1v) is 13.0. The molecule has 0 unspecified atom stereocenters. The van der Waals surface area contributed by atoms with Gasteiger partial charge in [0.05, 0.1) is 6.10 Å². The molecule has 0 aliphatic heterocycles. The maximum atomic E-state index is 10.4. The first-order chi connectivity index (χ1) is 13.7. The number of hydrogen-bond donors (Lipinski definition) is 1. The lowest BCUT2D eigenvalue weighted by Crippen LogP contribution is -2.54. The summed E-state index contributed by atoms with van der Waals surface area (Å²) in [7, 11) is 0. The largest absolute Gasteiger partial charge is 0.389 e. The van der Waals surface area contributed by atoms with E-state index in [-0.39, 0.29) is 6.10 Å². The molecular formula is C28H48O. The summed E-state index contributed by atoms with van der Waals surface area (Å²) in [5, 5.41) is 10.4. The normalized spacial score (nSPS) is 48.2. The van der Waals surface area contributed by atoms with Crippen LogP contribution in [-0.4, -0.2) is 11.2 Å². The fourth-order valence-electron chi connectivity index (χ4n) is 9.27. The second kappa shape index (κ2) is 7.99. The minimum Gasteiger partial charge on any atom is -0.389 e. The van der Waals surface area contributed by atoms with Gasteiger partial charge in [-0.05, 0) is 109 Å². The number of hydrogen-bond acceptors (Lipinski definition) is 1. The quantitative estimate of drug-likeness (QED) is 0.470. The highest BCUT2D eigenvalue weighted by Gasteiger charge is 2.60. The van der Waals surface area contributed by atoms with Crippen LogP contribution in [0.5, 0.6) is 0 Å². The third-order valence-electron chi connectivity index (χ3n) is 10.9. The molecule has 1 nitrogen and oxygen atoms in total. The zero-order valence-electron chi connectivity index (χ0n) is 20.1. The molecule has 4 fully saturated rings. The van der Waals surface area contributed by atoms with Gasteiger partial charge in [-0.1, -0.05) is 60.5 Å². The summed E-state index contributed by atoms with van der Waals surface area (Å²) in [5.74, 6) is 6.19. The van der Waals surface area contributed by atoms with Crippen molar-refractivity contribution < 1.29 is 5.11 Å². The molecule has 0 aromatic rings. The Kier molecular flexibility index (Phi) is 6.04. The number of aliphatic hydroxyl groups is 1. The van der Waals surface area contributed by atoms with Crippen LogP contribution in [-0.2, 0) is 0 Å². The van der Waals surface area contributed by atoms with Crippen molar-refractivity contribution in [2.75, 3.05) is 0 Å². The van der Waals surface area contributed by atoms with E-state index in [0.717, 1.165) is 59.8 Å². The van der Waals surface area contributed by atoms with Gasteiger partial charge < -0.3 is 5.11 Å². The van der Waals surface area contributed by atoms with E-state index in [0.29, 0.717) is 10.8 Å². The van der Waals surface area contributed by atoms with Gasteiger partial charge in [-0.15, -0.1) is 0 Å². The van der Waals surface area contributed by atoms with Crippen molar-refractivity contribution in [3.8, 4) is 0 Å². The molecule has 9 atom stereocenters. The summed E-state index contributed by atoms with van der Waals surface area (Å²) in [6.07, 6.45) is 14.7. The van der Waals surface area contributed by atoms with Crippen LogP contribution in [0.15, 0.2) is 12.2 Å². The van der Waals surface area contributed by atoms with E-state index in [2.05, 4.69) is 41.2 Å². The molecule has 0 amide bonds. The van der Waals surface area contributed by atoms with Crippen LogP contribution in [0.1, 0.15) is 105 Å². The maximum Gasteiger partial charge on any atom is 0.0750 e. The molecule has 0 radical (unpaired) electrons. The van der Waals surface area contributed by atoms with E-state index in [1.807, 2.05) is 0 Å². The second-order valence-corrected chi connectivity index (χ2v) is 12.8. The molecule has 4 aliphatic rings. The van der Waals surface area contributed by atoms with Gasteiger partial charge in [0.25, 0.3) is 0 Å². The fourth-order valence-corrected chi connectivity index (χ4v) is 9.27. The summed E-state index contributed by atoms with van der Waals surface area (Å²) >= 11 is 0. The van der Waals surface area contributed by atoms with Gasteiger partial charge in [-0.2, -0.15) is 0 Å². The van der Waals surface area contributed by atoms with Crippen LogP contribution < -0.4 is 0 Å². The highest BCUT2D eigenvalue weighted by Crippen LogP contribution is 2.68. The van der Waals surface area contributed by atoms with Gasteiger partial charge >= 0.3 is 0 Å². The Morgan fingerprint density at radius 1 is 0.966 bits per heavy atom. The molecule has 0 aromatic carbocycles. The molecular weight excluding hydrogens is 352 g/mol. The molecule has 0 bridgehead atoms. The highest BCUT2D eigenvalue weighted by atomic mass is 16.3. The van der Waals surface area contributed by atoms with E-state index in [9.17, 15) is 5.11 Å². The molecule has 4 aliphatic carbocycles. The maximum absolute atomic E-state index is 10.4. The van der Waals surface area contributed by atoms with Crippen LogP contribution in [0, 0.1) is 52.3 Å². The molecule has 0 heterocycles. The monoisotopic (exact) mass is 400 g/mol. The Bertz CT molecular complexity index is 607. The van der Waals surface area contributed by atoms with Crippen molar-refractivity contribution in [2.24, 2.45) is 52.3 Å². The van der Waals surface area contributed by atoms with E-state index >= 15 is 0 Å². The molecule has 4 saturated carbocycles. The predicted octanol–water partition coefficient (Wildman–Crippen LogP) is 7.63. The summed E-state index contributed by atoms with van der Waals surface area (Å²) < 4.78 is 0. The molecule has 29 heavy (non-hydrogen) atoms. The van der Waals surface area contributed by atoms with E-state index in [1.54, 1.807) is 0 Å². The van der Waals surface area contributed by atoms with Crippen molar-refractivity contribution in [3.05, 3.63) is 12.2 Å². The van der Waals surface area contributed by atoms with E-state index < -0.39 is 0 Å². The fraction of sp³-hybridized carbons (Fsp3) is 0.929. The van der Waals surface area contributed by atoms with Crippen molar-refractivity contribution in [1.29, 1.82) is 0 Å². The lowest BCUT2D eigenvalue weighted by atomic mass is 9.44. The Labute approximate surface area is 181 Å². The first kappa shape index (κ1) is 21.9. The Morgan fingerprint density at radius 2 is 1.69 bits per heavy atom. The third kappa shape index (κ3) is 3.66. The van der Waals surface area contributed by atoms with Crippen molar-refractivity contribution >= 4 is 0 Å². The van der Waals surface area contributed by atoms with Gasteiger partial charge in [0.2, 0.25) is 0 Å². The molecule has 166 valence electrons. The van der Waals surface area contributed by atoms with E-state index in [4.69, 9.17) is 0 Å². The van der Waals surface area contributed by atoms with Crippen LogP contribution in [0.25, 0.3) is 0 Å². The Balaban J connectivity index is 1.48. The molecule has 0 aromatic heterocycles. The van der Waals surface area contributed by atoms with Gasteiger partial charge in [0, 0.05) is 0 Å². The van der Waals surface area contributed by atoms with Crippen LogP contribution >= 0.6 is 0 Å². The number of rotatable bonds is 5. The standard InChI is InChI=1S/C28H48O/c1-18(2)8-7-9-19(3)23-12-13-24-22-11-10-21-16-26(29)20(4)17-28(21,6)25(22)14-15-27(23,24)5/h18-19,21-26,29H,4,7-17H2,1-3,5-6H3/t19-,21+,22+,23-,24+,25+,26-,27-,28+/m1/s1. The molecule has 1 heteroatoms. The summed E-state index contributed by atoms with van der Waals surface area (Å²) in [6, 6.07) is 0. The topological polar surface area (TPSA) is 20.2 Å². The smallest absolute Gasteiger partial charge is 0.0750 e. The summed E-state index contributed by atoms with van der Waals surface area (Å²) in [5.41, 5.74) is 2.12. The molecule has 0 spiro atoms. The van der Waals surface area contributed by atoms with Gasteiger partial charge in [-0.25, -0.2) is 0 Å². The van der Waals surface area contributed by atoms with Crippen LogP contribution in [0.2, 0.25) is 0 Å². The lowest BCUT2D eigenvalue weighted by molar-refractivity contribution is -0.117. The minimum absolute atomic E-state index is 0.235.